The molecule has 0 bridgehead atoms. The van der Waals surface area contributed by atoms with E-state index >= 15 is 0 Å². The minimum atomic E-state index is -0.196. The van der Waals surface area contributed by atoms with Crippen LogP contribution in [0.4, 0.5) is 0 Å². The zero-order chi connectivity index (χ0) is 13.5. The van der Waals surface area contributed by atoms with Gasteiger partial charge in [0.1, 0.15) is 0 Å². The Labute approximate surface area is 106 Å². The first-order chi connectivity index (χ1) is 7.88. The van der Waals surface area contributed by atoms with Crippen LogP contribution in [0.15, 0.2) is 0 Å². The van der Waals surface area contributed by atoms with Crippen molar-refractivity contribution in [1.29, 1.82) is 0 Å². The zero-order valence-corrected chi connectivity index (χ0v) is 12.3. The molecule has 0 spiro atoms. The Morgan fingerprint density at radius 3 is 2.41 bits per heavy atom. The summed E-state index contributed by atoms with van der Waals surface area (Å²) in [5.74, 6) is 0. The van der Waals surface area contributed by atoms with Crippen LogP contribution in [0.5, 0.6) is 0 Å². The van der Waals surface area contributed by atoms with E-state index in [0.717, 1.165) is 19.5 Å². The van der Waals surface area contributed by atoms with Gasteiger partial charge in [0, 0.05) is 25.2 Å². The molecule has 0 aliphatic heterocycles. The molecular weight excluding hydrogens is 216 g/mol. The number of nitrogens with zero attached hydrogens (tertiary/aromatic N) is 1. The second kappa shape index (κ2) is 8.03. The molecular formula is C13H30N2O2. The second-order valence-corrected chi connectivity index (χ2v) is 5.29. The van der Waals surface area contributed by atoms with E-state index < -0.39 is 0 Å². The maximum absolute atomic E-state index is 9.47. The fraction of sp³-hybridized carbons (Fsp3) is 1.00. The van der Waals surface area contributed by atoms with Gasteiger partial charge in [-0.3, -0.25) is 0 Å². The maximum atomic E-state index is 9.47. The van der Waals surface area contributed by atoms with Crippen LogP contribution in [-0.2, 0) is 4.74 Å². The van der Waals surface area contributed by atoms with Crippen molar-refractivity contribution in [2.75, 3.05) is 33.9 Å². The first-order valence-electron chi connectivity index (χ1n) is 6.47. The minimum Gasteiger partial charge on any atom is -0.394 e. The smallest absolute Gasteiger partial charge is 0.0670 e. The predicted octanol–water partition coefficient (Wildman–Crippen LogP) is 1.09. The van der Waals surface area contributed by atoms with Crippen molar-refractivity contribution in [1.82, 2.24) is 10.2 Å². The summed E-state index contributed by atoms with van der Waals surface area (Å²) in [6, 6.07) is 0.406. The molecule has 0 saturated carbocycles. The molecule has 0 aromatic carbocycles. The van der Waals surface area contributed by atoms with Crippen molar-refractivity contribution in [2.45, 2.75) is 51.8 Å². The van der Waals surface area contributed by atoms with Crippen LogP contribution in [0.2, 0.25) is 0 Å². The number of aliphatic hydroxyl groups is 1. The Balaban J connectivity index is 4.25. The van der Waals surface area contributed by atoms with E-state index in [0.29, 0.717) is 6.04 Å². The number of hydrogen-bond donors (Lipinski definition) is 2. The molecule has 0 aliphatic carbocycles. The van der Waals surface area contributed by atoms with Gasteiger partial charge in [-0.25, -0.2) is 0 Å². The number of aliphatic hydroxyl groups excluding tert-OH is 1. The lowest BCUT2D eigenvalue weighted by Crippen LogP contribution is -2.50. The summed E-state index contributed by atoms with van der Waals surface area (Å²) in [5, 5.41) is 12.8. The monoisotopic (exact) mass is 246 g/mol. The van der Waals surface area contributed by atoms with Crippen molar-refractivity contribution in [2.24, 2.45) is 0 Å². The van der Waals surface area contributed by atoms with Gasteiger partial charge in [0.15, 0.2) is 0 Å². The van der Waals surface area contributed by atoms with Crippen LogP contribution in [-0.4, -0.2) is 61.5 Å². The van der Waals surface area contributed by atoms with Gasteiger partial charge in [-0.1, -0.05) is 6.92 Å². The minimum absolute atomic E-state index is 0.166. The van der Waals surface area contributed by atoms with Crippen molar-refractivity contribution < 1.29 is 9.84 Å². The van der Waals surface area contributed by atoms with E-state index in [1.54, 1.807) is 7.11 Å². The third-order valence-electron chi connectivity index (χ3n) is 3.40. The molecule has 104 valence electrons. The van der Waals surface area contributed by atoms with Gasteiger partial charge in [0.2, 0.25) is 0 Å². The van der Waals surface area contributed by atoms with E-state index in [4.69, 9.17) is 4.74 Å². The number of hydrogen-bond acceptors (Lipinski definition) is 4. The van der Waals surface area contributed by atoms with Crippen LogP contribution >= 0.6 is 0 Å². The van der Waals surface area contributed by atoms with Crippen molar-refractivity contribution in [3.05, 3.63) is 0 Å². The number of rotatable bonds is 9. The Bertz CT molecular complexity index is 202. The summed E-state index contributed by atoms with van der Waals surface area (Å²) < 4.78 is 5.27. The van der Waals surface area contributed by atoms with Crippen molar-refractivity contribution in [3.63, 3.8) is 0 Å². The summed E-state index contributed by atoms with van der Waals surface area (Å²) in [4.78, 5) is 2.28. The normalized spacial score (nSPS) is 19.1. The fourth-order valence-corrected chi connectivity index (χ4v) is 2.09. The van der Waals surface area contributed by atoms with Crippen LogP contribution in [0, 0.1) is 0 Å². The van der Waals surface area contributed by atoms with Crippen molar-refractivity contribution >= 4 is 0 Å². The maximum Gasteiger partial charge on any atom is 0.0670 e. The zero-order valence-electron chi connectivity index (χ0n) is 12.3. The molecule has 0 aromatic rings. The number of nitrogens with one attached hydrogen (secondary N) is 1. The quantitative estimate of drug-likeness (QED) is 0.639. The summed E-state index contributed by atoms with van der Waals surface area (Å²) >= 11 is 0. The summed E-state index contributed by atoms with van der Waals surface area (Å²) in [5.41, 5.74) is -0.196. The SMILES string of the molecule is CCNC(C)(CO)CC(C)N(C)CC(C)OC. The topological polar surface area (TPSA) is 44.7 Å². The highest BCUT2D eigenvalue weighted by Crippen LogP contribution is 2.15. The predicted molar refractivity (Wildman–Crippen MR) is 72.3 cm³/mol. The molecule has 0 amide bonds. The van der Waals surface area contributed by atoms with Crippen LogP contribution in [0.3, 0.4) is 0 Å². The van der Waals surface area contributed by atoms with E-state index in [2.05, 4.69) is 45.0 Å². The summed E-state index contributed by atoms with van der Waals surface area (Å²) in [6.07, 6.45) is 1.16. The molecule has 0 aliphatic rings. The molecule has 0 heterocycles. The van der Waals surface area contributed by atoms with Crippen LogP contribution in [0.1, 0.15) is 34.1 Å². The molecule has 0 radical (unpaired) electrons. The Morgan fingerprint density at radius 1 is 1.41 bits per heavy atom. The number of methoxy groups -OCH3 is 1. The largest absolute Gasteiger partial charge is 0.394 e. The molecule has 0 aromatic heterocycles. The molecule has 4 nitrogen and oxygen atoms in total. The Hall–Kier alpha value is -0.160. The van der Waals surface area contributed by atoms with E-state index in [-0.39, 0.29) is 18.2 Å². The Morgan fingerprint density at radius 2 is 2.00 bits per heavy atom. The van der Waals surface area contributed by atoms with Gasteiger partial charge in [0.05, 0.1) is 12.7 Å². The highest BCUT2D eigenvalue weighted by molar-refractivity contribution is 4.86. The Kier molecular flexibility index (Phi) is 7.96. The molecule has 3 atom stereocenters. The molecule has 3 unspecified atom stereocenters. The highest BCUT2D eigenvalue weighted by Gasteiger charge is 2.26. The standard InChI is InChI=1S/C13H30N2O2/c1-7-14-13(4,10-16)8-11(2)15(5)9-12(3)17-6/h11-12,14,16H,7-10H2,1-6H3. The molecule has 0 fully saturated rings. The average Bonchev–Trinajstić information content (AvgIpc) is 2.28. The molecule has 0 saturated heterocycles. The van der Waals surface area contributed by atoms with E-state index in [1.165, 1.54) is 0 Å². The number of likely N-dealkylation sites (N-methyl/N-ethyl adjacent to an activating group) is 2. The lowest BCUT2D eigenvalue weighted by molar-refractivity contribution is 0.0614. The second-order valence-electron chi connectivity index (χ2n) is 5.29. The third kappa shape index (κ3) is 6.36. The van der Waals surface area contributed by atoms with Gasteiger partial charge in [0.25, 0.3) is 0 Å². The van der Waals surface area contributed by atoms with Gasteiger partial charge in [-0.2, -0.15) is 0 Å². The third-order valence-corrected chi connectivity index (χ3v) is 3.40. The molecule has 2 N–H and O–H groups in total. The first-order valence-corrected chi connectivity index (χ1v) is 6.47. The highest BCUT2D eigenvalue weighted by atomic mass is 16.5. The van der Waals surface area contributed by atoms with Crippen molar-refractivity contribution in [3.8, 4) is 0 Å². The van der Waals surface area contributed by atoms with E-state index in [1.807, 2.05) is 0 Å². The summed E-state index contributed by atoms with van der Waals surface area (Å²) in [7, 11) is 3.84. The van der Waals surface area contributed by atoms with Crippen LogP contribution < -0.4 is 5.32 Å². The van der Waals surface area contributed by atoms with Gasteiger partial charge < -0.3 is 20.1 Å². The summed E-state index contributed by atoms with van der Waals surface area (Å²) in [6.45, 7) is 10.3. The lowest BCUT2D eigenvalue weighted by Gasteiger charge is -2.35. The van der Waals surface area contributed by atoms with Crippen LogP contribution in [0.25, 0.3) is 0 Å². The van der Waals surface area contributed by atoms with Gasteiger partial charge in [-0.05, 0) is 40.8 Å². The van der Waals surface area contributed by atoms with Gasteiger partial charge >= 0.3 is 0 Å². The molecule has 4 heteroatoms. The number of ether oxygens (including phenoxy) is 1. The van der Waals surface area contributed by atoms with E-state index in [9.17, 15) is 5.11 Å². The molecule has 17 heavy (non-hydrogen) atoms. The fourth-order valence-electron chi connectivity index (χ4n) is 2.09. The molecule has 0 rings (SSSR count). The van der Waals surface area contributed by atoms with Gasteiger partial charge in [-0.15, -0.1) is 0 Å². The first kappa shape index (κ1) is 16.8. The lowest BCUT2D eigenvalue weighted by atomic mass is 9.93. The average molecular weight is 246 g/mol.